The summed E-state index contributed by atoms with van der Waals surface area (Å²) in [5.74, 6) is 1.21. The number of nitro benzene ring substituents is 1. The van der Waals surface area contributed by atoms with E-state index in [4.69, 9.17) is 0 Å². The lowest BCUT2D eigenvalue weighted by Crippen LogP contribution is -2.35. The van der Waals surface area contributed by atoms with Gasteiger partial charge in [0.25, 0.3) is 5.69 Å². The SMILES string of the molecule is O=[N+]([O-])c1ccc2c(c1)[C@@H]1[C@H]3CC[C@@H](C3)[C@H]1[C@H](c1cccc(C(F)(F)F)c1)N2. The molecule has 2 aromatic rings. The van der Waals surface area contributed by atoms with Crippen molar-refractivity contribution in [2.24, 2.45) is 17.8 Å². The Labute approximate surface area is 159 Å². The van der Waals surface area contributed by atoms with Crippen molar-refractivity contribution in [1.29, 1.82) is 0 Å². The number of anilines is 1. The third-order valence-corrected chi connectivity index (χ3v) is 6.85. The van der Waals surface area contributed by atoms with Crippen molar-refractivity contribution >= 4 is 11.4 Å². The fourth-order valence-corrected chi connectivity index (χ4v) is 5.83. The van der Waals surface area contributed by atoms with E-state index in [1.54, 1.807) is 18.2 Å². The van der Waals surface area contributed by atoms with Crippen molar-refractivity contribution in [3.8, 4) is 0 Å². The fraction of sp³-hybridized carbons (Fsp3) is 0.429. The molecule has 2 saturated carbocycles. The molecular weight excluding hydrogens is 369 g/mol. The van der Waals surface area contributed by atoms with Crippen LogP contribution in [-0.2, 0) is 6.18 Å². The lowest BCUT2D eigenvalue weighted by molar-refractivity contribution is -0.384. The molecule has 0 aromatic heterocycles. The van der Waals surface area contributed by atoms with Crippen LogP contribution in [0.2, 0.25) is 0 Å². The standard InChI is InChI=1S/C21H19F3N2O2/c22-21(23,24)14-3-1-2-13(9-14)20-19-12-5-4-11(8-12)18(19)16-10-15(26(27)28)6-7-17(16)25-20/h1-3,6-7,9-12,18-20,25H,4-5,8H2/t11-,12-,18-,19+,20-/m0/s1. The van der Waals surface area contributed by atoms with Crippen LogP contribution in [0.25, 0.3) is 0 Å². The molecule has 146 valence electrons. The van der Waals surface area contributed by atoms with Gasteiger partial charge < -0.3 is 5.32 Å². The summed E-state index contributed by atoms with van der Waals surface area (Å²) in [5.41, 5.74) is 1.83. The van der Waals surface area contributed by atoms with Crippen molar-refractivity contribution in [1.82, 2.24) is 0 Å². The van der Waals surface area contributed by atoms with Crippen LogP contribution in [0.5, 0.6) is 0 Å². The highest BCUT2D eigenvalue weighted by atomic mass is 19.4. The quantitative estimate of drug-likeness (QED) is 0.514. The maximum Gasteiger partial charge on any atom is 0.416 e. The minimum atomic E-state index is -4.38. The Morgan fingerprint density at radius 3 is 2.61 bits per heavy atom. The van der Waals surface area contributed by atoms with E-state index in [-0.39, 0.29) is 28.5 Å². The number of nitro groups is 1. The number of benzene rings is 2. The maximum absolute atomic E-state index is 13.2. The van der Waals surface area contributed by atoms with Gasteiger partial charge in [0.2, 0.25) is 0 Å². The summed E-state index contributed by atoms with van der Waals surface area (Å²) < 4.78 is 39.7. The lowest BCUT2D eigenvalue weighted by Gasteiger charge is -2.43. The highest BCUT2D eigenvalue weighted by molar-refractivity contribution is 5.62. The highest BCUT2D eigenvalue weighted by Crippen LogP contribution is 2.64. The van der Waals surface area contributed by atoms with Crippen LogP contribution in [0, 0.1) is 27.9 Å². The molecule has 2 fully saturated rings. The average molecular weight is 388 g/mol. The third-order valence-electron chi connectivity index (χ3n) is 6.85. The molecule has 0 radical (unpaired) electrons. The van der Waals surface area contributed by atoms with Crippen molar-refractivity contribution in [3.63, 3.8) is 0 Å². The van der Waals surface area contributed by atoms with E-state index >= 15 is 0 Å². The first-order valence-electron chi connectivity index (χ1n) is 9.55. The van der Waals surface area contributed by atoms with Crippen LogP contribution >= 0.6 is 0 Å². The molecule has 28 heavy (non-hydrogen) atoms. The molecule has 1 N–H and O–H groups in total. The van der Waals surface area contributed by atoms with E-state index in [0.29, 0.717) is 17.4 Å². The van der Waals surface area contributed by atoms with Gasteiger partial charge in [-0.1, -0.05) is 12.1 Å². The molecule has 1 aliphatic heterocycles. The van der Waals surface area contributed by atoms with Crippen LogP contribution in [0.4, 0.5) is 24.5 Å². The molecule has 3 aliphatic rings. The molecule has 0 spiro atoms. The summed E-state index contributed by atoms with van der Waals surface area (Å²) in [6, 6.07) is 10.2. The van der Waals surface area contributed by atoms with Crippen molar-refractivity contribution in [2.75, 3.05) is 5.32 Å². The monoisotopic (exact) mass is 388 g/mol. The summed E-state index contributed by atoms with van der Waals surface area (Å²) in [5, 5.41) is 14.7. The molecule has 5 atom stereocenters. The molecular formula is C21H19F3N2O2. The van der Waals surface area contributed by atoms with Crippen molar-refractivity contribution in [3.05, 3.63) is 69.3 Å². The van der Waals surface area contributed by atoms with Crippen molar-refractivity contribution in [2.45, 2.75) is 37.4 Å². The predicted molar refractivity (Wildman–Crippen MR) is 98.0 cm³/mol. The molecule has 4 nitrogen and oxygen atoms in total. The van der Waals surface area contributed by atoms with Gasteiger partial charge in [0, 0.05) is 17.8 Å². The van der Waals surface area contributed by atoms with E-state index in [1.807, 2.05) is 0 Å². The van der Waals surface area contributed by atoms with Crippen LogP contribution in [-0.4, -0.2) is 4.92 Å². The zero-order valence-corrected chi connectivity index (χ0v) is 14.9. The number of alkyl halides is 3. The van der Waals surface area contributed by atoms with Gasteiger partial charge in [0.1, 0.15) is 0 Å². The van der Waals surface area contributed by atoms with Gasteiger partial charge in [0.15, 0.2) is 0 Å². The van der Waals surface area contributed by atoms with Crippen LogP contribution in [0.15, 0.2) is 42.5 Å². The number of nitrogens with one attached hydrogen (secondary N) is 1. The predicted octanol–water partition coefficient (Wildman–Crippen LogP) is 5.91. The molecule has 0 unspecified atom stereocenters. The number of halogens is 3. The summed E-state index contributed by atoms with van der Waals surface area (Å²) in [7, 11) is 0. The molecule has 0 amide bonds. The van der Waals surface area contributed by atoms with Gasteiger partial charge in [0.05, 0.1) is 16.5 Å². The molecule has 2 aromatic carbocycles. The number of hydrogen-bond donors (Lipinski definition) is 1. The maximum atomic E-state index is 13.2. The van der Waals surface area contributed by atoms with Crippen LogP contribution in [0.3, 0.4) is 0 Å². The minimum absolute atomic E-state index is 0.0691. The molecule has 2 aliphatic carbocycles. The van der Waals surface area contributed by atoms with E-state index in [2.05, 4.69) is 5.32 Å². The molecule has 0 saturated heterocycles. The molecule has 2 bridgehead atoms. The summed E-state index contributed by atoms with van der Waals surface area (Å²) >= 11 is 0. The smallest absolute Gasteiger partial charge is 0.378 e. The van der Waals surface area contributed by atoms with Crippen LogP contribution in [0.1, 0.15) is 47.9 Å². The second kappa shape index (κ2) is 5.96. The Hall–Kier alpha value is -2.57. The normalized spacial score (nSPS) is 30.5. The first kappa shape index (κ1) is 17.5. The van der Waals surface area contributed by atoms with Gasteiger partial charge in [-0.15, -0.1) is 0 Å². The first-order valence-corrected chi connectivity index (χ1v) is 9.55. The van der Waals surface area contributed by atoms with Gasteiger partial charge in [-0.25, -0.2) is 0 Å². The second-order valence-corrected chi connectivity index (χ2v) is 8.21. The van der Waals surface area contributed by atoms with Gasteiger partial charge in [-0.3, -0.25) is 10.1 Å². The van der Waals surface area contributed by atoms with E-state index in [9.17, 15) is 23.3 Å². The minimum Gasteiger partial charge on any atom is -0.378 e. The number of hydrogen-bond acceptors (Lipinski definition) is 3. The lowest BCUT2D eigenvalue weighted by atomic mass is 9.68. The first-order chi connectivity index (χ1) is 13.3. The Bertz CT molecular complexity index is 959. The third kappa shape index (κ3) is 2.59. The Balaban J connectivity index is 1.61. The zero-order valence-electron chi connectivity index (χ0n) is 14.9. The highest BCUT2D eigenvalue weighted by Gasteiger charge is 2.54. The van der Waals surface area contributed by atoms with Gasteiger partial charge in [-0.2, -0.15) is 13.2 Å². The number of fused-ring (bicyclic) bond motifs is 7. The topological polar surface area (TPSA) is 55.2 Å². The second-order valence-electron chi connectivity index (χ2n) is 8.21. The number of nitrogens with zero attached hydrogens (tertiary/aromatic N) is 1. The molecule has 5 rings (SSSR count). The Morgan fingerprint density at radius 2 is 1.86 bits per heavy atom. The number of rotatable bonds is 2. The molecule has 1 heterocycles. The van der Waals surface area contributed by atoms with Gasteiger partial charge in [-0.05, 0) is 72.3 Å². The summed E-state index contributed by atoms with van der Waals surface area (Å²) in [6.07, 6.45) is -1.16. The zero-order chi connectivity index (χ0) is 19.6. The number of non-ortho nitro benzene ring substituents is 1. The van der Waals surface area contributed by atoms with Crippen LogP contribution < -0.4 is 5.32 Å². The fourth-order valence-electron chi connectivity index (χ4n) is 5.83. The van der Waals surface area contributed by atoms with E-state index in [0.717, 1.165) is 36.6 Å². The van der Waals surface area contributed by atoms with Crippen molar-refractivity contribution < 1.29 is 18.1 Å². The Morgan fingerprint density at radius 1 is 1.07 bits per heavy atom. The van der Waals surface area contributed by atoms with E-state index in [1.165, 1.54) is 18.2 Å². The summed E-state index contributed by atoms with van der Waals surface area (Å²) in [6.45, 7) is 0. The Kier molecular flexibility index (Phi) is 3.73. The van der Waals surface area contributed by atoms with Gasteiger partial charge >= 0.3 is 6.18 Å². The van der Waals surface area contributed by atoms with E-state index < -0.39 is 11.7 Å². The summed E-state index contributed by atoms with van der Waals surface area (Å²) in [4.78, 5) is 10.8. The average Bonchev–Trinajstić information content (AvgIpc) is 3.29. The largest absolute Gasteiger partial charge is 0.416 e. The molecule has 7 heteroatoms.